The molecular weight excluding hydrogens is 272 g/mol. The van der Waals surface area contributed by atoms with Crippen LogP contribution in [0.25, 0.3) is 0 Å². The maximum absolute atomic E-state index is 13.4. The molecule has 1 saturated carbocycles. The molecule has 3 nitrogen and oxygen atoms in total. The molecule has 1 aromatic heterocycles. The predicted octanol–water partition coefficient (Wildman–Crippen LogP) is 1.86. The van der Waals surface area contributed by atoms with Crippen LogP contribution in [0.1, 0.15) is 25.6 Å². The molecule has 1 heterocycles. The Labute approximate surface area is 83.5 Å². The fraction of sp³-hybridized carbons (Fsp3) is 0.714. The van der Waals surface area contributed by atoms with E-state index in [0.717, 1.165) is 10.4 Å². The monoisotopic (exact) mass is 281 g/mol. The Hall–Kier alpha value is -0.200. The molecule has 1 fully saturated rings. The summed E-state index contributed by atoms with van der Waals surface area (Å²) in [6, 6.07) is 0. The fourth-order valence-corrected chi connectivity index (χ4v) is 1.72. The van der Waals surface area contributed by atoms with Crippen LogP contribution < -0.4 is 0 Å². The second kappa shape index (κ2) is 2.65. The summed E-state index contributed by atoms with van der Waals surface area (Å²) in [6.45, 7) is 2.72. The maximum atomic E-state index is 13.4. The number of aryl methyl sites for hydroxylation is 1. The molecule has 2 rings (SSSR count). The number of hydrogen-bond donors (Lipinski definition) is 0. The van der Waals surface area contributed by atoms with E-state index in [0.29, 0.717) is 18.7 Å². The molecule has 66 valence electrons. The fourth-order valence-electron chi connectivity index (χ4n) is 1.05. The second-order valence-corrected chi connectivity index (χ2v) is 3.95. The van der Waals surface area contributed by atoms with Gasteiger partial charge in [0.25, 0.3) is 0 Å². The van der Waals surface area contributed by atoms with Gasteiger partial charge in [0.05, 0.1) is 0 Å². The van der Waals surface area contributed by atoms with Crippen LogP contribution in [0, 0.1) is 3.83 Å². The summed E-state index contributed by atoms with van der Waals surface area (Å²) in [5, 5.41) is 4.09. The molecule has 0 unspecified atom stereocenters. The Morgan fingerprint density at radius 3 is 2.75 bits per heavy atom. The SMILES string of the molecule is CCn1nc(C2(F)CC2)nc1I. The van der Waals surface area contributed by atoms with E-state index in [1.165, 1.54) is 0 Å². The lowest BCUT2D eigenvalue weighted by Crippen LogP contribution is -2.03. The van der Waals surface area contributed by atoms with Gasteiger partial charge in [0.1, 0.15) is 0 Å². The number of hydrogen-bond acceptors (Lipinski definition) is 2. The summed E-state index contributed by atoms with van der Waals surface area (Å²) in [5.41, 5.74) is -1.19. The van der Waals surface area contributed by atoms with Crippen molar-refractivity contribution in [1.29, 1.82) is 0 Å². The third-order valence-electron chi connectivity index (χ3n) is 2.02. The summed E-state index contributed by atoms with van der Waals surface area (Å²) in [5.74, 6) is 0.369. The molecule has 12 heavy (non-hydrogen) atoms. The van der Waals surface area contributed by atoms with Crippen molar-refractivity contribution in [3.8, 4) is 0 Å². The molecule has 0 amide bonds. The molecule has 5 heteroatoms. The minimum atomic E-state index is -1.19. The molecule has 0 N–H and O–H groups in total. The highest BCUT2D eigenvalue weighted by Crippen LogP contribution is 2.47. The van der Waals surface area contributed by atoms with Crippen molar-refractivity contribution in [2.75, 3.05) is 0 Å². The van der Waals surface area contributed by atoms with Gasteiger partial charge in [-0.15, -0.1) is 0 Å². The van der Waals surface area contributed by atoms with Crippen molar-refractivity contribution in [3.05, 3.63) is 9.66 Å². The lowest BCUT2D eigenvalue weighted by Gasteiger charge is -1.95. The molecule has 1 aliphatic rings. The van der Waals surface area contributed by atoms with Crippen LogP contribution in [0.3, 0.4) is 0 Å². The lowest BCUT2D eigenvalue weighted by molar-refractivity contribution is 0.299. The van der Waals surface area contributed by atoms with E-state index in [4.69, 9.17) is 0 Å². The van der Waals surface area contributed by atoms with E-state index in [9.17, 15) is 4.39 Å². The first-order valence-electron chi connectivity index (χ1n) is 3.95. The van der Waals surface area contributed by atoms with Crippen molar-refractivity contribution < 1.29 is 4.39 Å². The average molecular weight is 281 g/mol. The zero-order valence-electron chi connectivity index (χ0n) is 6.72. The van der Waals surface area contributed by atoms with Gasteiger partial charge < -0.3 is 0 Å². The van der Waals surface area contributed by atoms with Crippen molar-refractivity contribution >= 4 is 22.6 Å². The Balaban J connectivity index is 2.34. The number of rotatable bonds is 2. The van der Waals surface area contributed by atoms with E-state index in [1.807, 2.05) is 6.92 Å². The molecular formula is C7H9FIN3. The van der Waals surface area contributed by atoms with Gasteiger partial charge in [-0.3, -0.25) is 0 Å². The van der Waals surface area contributed by atoms with Crippen LogP contribution in [0.5, 0.6) is 0 Å². The number of nitrogens with zero attached hydrogens (tertiary/aromatic N) is 3. The van der Waals surface area contributed by atoms with Crippen molar-refractivity contribution in [2.45, 2.75) is 32.0 Å². The van der Waals surface area contributed by atoms with Crippen molar-refractivity contribution in [2.24, 2.45) is 0 Å². The molecule has 0 atom stereocenters. The van der Waals surface area contributed by atoms with E-state index < -0.39 is 5.67 Å². The van der Waals surface area contributed by atoms with E-state index >= 15 is 0 Å². The van der Waals surface area contributed by atoms with E-state index in [2.05, 4.69) is 32.7 Å². The Bertz CT molecular complexity index is 306. The zero-order valence-corrected chi connectivity index (χ0v) is 8.88. The minimum absolute atomic E-state index is 0.369. The van der Waals surface area contributed by atoms with Gasteiger partial charge in [-0.25, -0.2) is 14.1 Å². The van der Waals surface area contributed by atoms with Crippen molar-refractivity contribution in [3.63, 3.8) is 0 Å². The molecule has 0 aromatic carbocycles. The molecule has 1 aliphatic carbocycles. The summed E-state index contributed by atoms with van der Waals surface area (Å²) in [4.78, 5) is 4.08. The largest absolute Gasteiger partial charge is 0.241 e. The Morgan fingerprint density at radius 2 is 2.33 bits per heavy atom. The maximum Gasteiger partial charge on any atom is 0.189 e. The first-order valence-corrected chi connectivity index (χ1v) is 5.03. The van der Waals surface area contributed by atoms with Gasteiger partial charge in [0, 0.05) is 29.1 Å². The lowest BCUT2D eigenvalue weighted by atomic mass is 10.4. The highest BCUT2D eigenvalue weighted by atomic mass is 127. The summed E-state index contributed by atoms with van der Waals surface area (Å²) in [7, 11) is 0. The first kappa shape index (κ1) is 8.40. The topological polar surface area (TPSA) is 30.7 Å². The summed E-state index contributed by atoms with van der Waals surface area (Å²) >= 11 is 2.07. The smallest absolute Gasteiger partial charge is 0.189 e. The number of alkyl halides is 1. The third kappa shape index (κ3) is 1.23. The molecule has 0 radical (unpaired) electrons. The zero-order chi connectivity index (χ0) is 8.77. The molecule has 0 bridgehead atoms. The van der Waals surface area contributed by atoms with Gasteiger partial charge >= 0.3 is 0 Å². The quantitative estimate of drug-likeness (QED) is 0.775. The summed E-state index contributed by atoms with van der Waals surface area (Å²) in [6.07, 6.45) is 1.16. The normalized spacial score (nSPS) is 19.6. The van der Waals surface area contributed by atoms with Crippen LogP contribution in [-0.2, 0) is 12.2 Å². The molecule has 0 aliphatic heterocycles. The van der Waals surface area contributed by atoms with Gasteiger partial charge in [-0.1, -0.05) is 0 Å². The Kier molecular flexibility index (Phi) is 1.85. The van der Waals surface area contributed by atoms with Gasteiger partial charge in [-0.2, -0.15) is 5.10 Å². The van der Waals surface area contributed by atoms with Gasteiger partial charge in [0.15, 0.2) is 15.3 Å². The average Bonchev–Trinajstić information content (AvgIpc) is 2.65. The summed E-state index contributed by atoms with van der Waals surface area (Å²) < 4.78 is 15.9. The third-order valence-corrected chi connectivity index (χ3v) is 2.81. The number of aromatic nitrogens is 3. The van der Waals surface area contributed by atoms with E-state index in [1.54, 1.807) is 4.68 Å². The highest BCUT2D eigenvalue weighted by Gasteiger charge is 2.49. The second-order valence-electron chi connectivity index (χ2n) is 2.99. The first-order chi connectivity index (χ1) is 5.65. The van der Waals surface area contributed by atoms with Crippen LogP contribution >= 0.6 is 22.6 Å². The van der Waals surface area contributed by atoms with Crippen LogP contribution in [0.15, 0.2) is 0 Å². The molecule has 1 aromatic rings. The minimum Gasteiger partial charge on any atom is -0.241 e. The predicted molar refractivity (Wildman–Crippen MR) is 50.4 cm³/mol. The highest BCUT2D eigenvalue weighted by molar-refractivity contribution is 14.1. The molecule has 0 saturated heterocycles. The Morgan fingerprint density at radius 1 is 1.67 bits per heavy atom. The standard InChI is InChI=1S/C7H9FIN3/c1-2-12-6(9)10-5(11-12)7(8)3-4-7/h2-4H2,1H3. The van der Waals surface area contributed by atoms with Gasteiger partial charge in [0.2, 0.25) is 0 Å². The van der Waals surface area contributed by atoms with Crippen LogP contribution in [0.4, 0.5) is 4.39 Å². The van der Waals surface area contributed by atoms with Crippen LogP contribution in [-0.4, -0.2) is 14.8 Å². The molecule has 0 spiro atoms. The van der Waals surface area contributed by atoms with Gasteiger partial charge in [-0.05, 0) is 19.8 Å². The van der Waals surface area contributed by atoms with E-state index in [-0.39, 0.29) is 0 Å². The number of halogens is 2. The van der Waals surface area contributed by atoms with Crippen molar-refractivity contribution in [1.82, 2.24) is 14.8 Å². The van der Waals surface area contributed by atoms with Crippen LogP contribution in [0.2, 0.25) is 0 Å².